The van der Waals surface area contributed by atoms with Crippen LogP contribution < -0.4 is 4.18 Å². The highest BCUT2D eigenvalue weighted by Gasteiger charge is 2.32. The average molecular weight is 458 g/mol. The number of carbonyl (C=O) groups is 1. The SMILES string of the molecule is CC[C@H](C)N(Cc1cccc(OS(=O)(=O)c2cccc(C(F)(F)F)c2)c1)C(=O)C(C)C. The van der Waals surface area contributed by atoms with Crippen molar-refractivity contribution in [1.29, 1.82) is 0 Å². The van der Waals surface area contributed by atoms with E-state index in [4.69, 9.17) is 4.18 Å². The van der Waals surface area contributed by atoms with Gasteiger partial charge in [-0.1, -0.05) is 39.0 Å². The number of rotatable bonds is 8. The van der Waals surface area contributed by atoms with E-state index < -0.39 is 26.8 Å². The first kappa shape index (κ1) is 24.7. The molecule has 0 aromatic heterocycles. The van der Waals surface area contributed by atoms with Crippen LogP contribution in [0.1, 0.15) is 45.2 Å². The van der Waals surface area contributed by atoms with Gasteiger partial charge in [-0.2, -0.15) is 21.6 Å². The van der Waals surface area contributed by atoms with Crippen molar-refractivity contribution in [3.05, 3.63) is 59.7 Å². The van der Waals surface area contributed by atoms with Gasteiger partial charge in [-0.05, 0) is 49.2 Å². The van der Waals surface area contributed by atoms with Gasteiger partial charge in [0.05, 0.1) is 5.56 Å². The molecule has 0 saturated heterocycles. The first-order valence-corrected chi connectivity index (χ1v) is 11.3. The Morgan fingerprint density at radius 3 is 2.29 bits per heavy atom. The van der Waals surface area contributed by atoms with Gasteiger partial charge in [0.25, 0.3) is 0 Å². The maximum absolute atomic E-state index is 12.9. The number of amides is 1. The molecule has 1 atom stereocenters. The Kier molecular flexibility index (Phi) is 7.75. The number of hydrogen-bond donors (Lipinski definition) is 0. The van der Waals surface area contributed by atoms with Crippen LogP contribution in [-0.2, 0) is 27.6 Å². The molecule has 0 bridgehead atoms. The fraction of sp³-hybridized carbons (Fsp3) is 0.409. The number of carbonyl (C=O) groups excluding carboxylic acids is 1. The summed E-state index contributed by atoms with van der Waals surface area (Å²) in [5, 5.41) is 0. The average Bonchev–Trinajstić information content (AvgIpc) is 2.70. The van der Waals surface area contributed by atoms with E-state index in [0.717, 1.165) is 24.6 Å². The highest BCUT2D eigenvalue weighted by atomic mass is 32.2. The van der Waals surface area contributed by atoms with E-state index in [0.29, 0.717) is 11.6 Å². The number of halogens is 3. The van der Waals surface area contributed by atoms with Gasteiger partial charge in [0.1, 0.15) is 10.6 Å². The van der Waals surface area contributed by atoms with Gasteiger partial charge >= 0.3 is 16.3 Å². The third-order valence-electron chi connectivity index (χ3n) is 4.81. The third-order valence-corrected chi connectivity index (χ3v) is 6.05. The van der Waals surface area contributed by atoms with Gasteiger partial charge in [0, 0.05) is 18.5 Å². The van der Waals surface area contributed by atoms with E-state index >= 15 is 0 Å². The predicted molar refractivity (Wildman–Crippen MR) is 111 cm³/mol. The van der Waals surface area contributed by atoms with Crippen LogP contribution in [0.15, 0.2) is 53.4 Å². The molecule has 0 radical (unpaired) electrons. The summed E-state index contributed by atoms with van der Waals surface area (Å²) < 4.78 is 68.8. The Hall–Kier alpha value is -2.55. The van der Waals surface area contributed by atoms with E-state index in [2.05, 4.69) is 0 Å². The molecule has 0 aliphatic rings. The van der Waals surface area contributed by atoms with Gasteiger partial charge in [0.2, 0.25) is 5.91 Å². The van der Waals surface area contributed by atoms with Crippen LogP contribution in [0.2, 0.25) is 0 Å². The molecule has 9 heteroatoms. The van der Waals surface area contributed by atoms with Crippen molar-refractivity contribution in [2.24, 2.45) is 5.92 Å². The minimum absolute atomic E-state index is 0.0201. The highest BCUT2D eigenvalue weighted by Crippen LogP contribution is 2.31. The number of hydrogen-bond acceptors (Lipinski definition) is 4. The fourth-order valence-electron chi connectivity index (χ4n) is 2.90. The Morgan fingerprint density at radius 1 is 1.06 bits per heavy atom. The molecule has 0 N–H and O–H groups in total. The molecule has 31 heavy (non-hydrogen) atoms. The van der Waals surface area contributed by atoms with Gasteiger partial charge in [0.15, 0.2) is 0 Å². The van der Waals surface area contributed by atoms with Crippen LogP contribution in [0.5, 0.6) is 5.75 Å². The molecule has 2 aromatic carbocycles. The fourth-order valence-corrected chi connectivity index (χ4v) is 3.87. The van der Waals surface area contributed by atoms with Gasteiger partial charge in [-0.25, -0.2) is 0 Å². The number of nitrogens with zero attached hydrogens (tertiary/aromatic N) is 1. The molecule has 1 amide bonds. The molecule has 0 spiro atoms. The zero-order valence-corrected chi connectivity index (χ0v) is 18.6. The van der Waals surface area contributed by atoms with Gasteiger partial charge < -0.3 is 9.08 Å². The zero-order valence-electron chi connectivity index (χ0n) is 17.8. The molecular weight excluding hydrogens is 431 g/mol. The lowest BCUT2D eigenvalue weighted by molar-refractivity contribution is -0.138. The molecule has 0 saturated carbocycles. The summed E-state index contributed by atoms with van der Waals surface area (Å²) in [4.78, 5) is 13.7. The van der Waals surface area contributed by atoms with Crippen molar-refractivity contribution in [3.63, 3.8) is 0 Å². The second-order valence-electron chi connectivity index (χ2n) is 7.59. The van der Waals surface area contributed by atoms with Crippen LogP contribution in [-0.4, -0.2) is 25.3 Å². The lowest BCUT2D eigenvalue weighted by Crippen LogP contribution is -2.40. The van der Waals surface area contributed by atoms with E-state index in [1.54, 1.807) is 30.9 Å². The van der Waals surface area contributed by atoms with E-state index in [1.807, 2.05) is 13.8 Å². The van der Waals surface area contributed by atoms with E-state index in [-0.39, 0.29) is 30.2 Å². The summed E-state index contributed by atoms with van der Waals surface area (Å²) in [6, 6.07) is 9.51. The summed E-state index contributed by atoms with van der Waals surface area (Å²) in [5.41, 5.74) is -0.437. The minimum Gasteiger partial charge on any atom is -0.379 e. The normalized spacial score (nSPS) is 13.2. The second kappa shape index (κ2) is 9.72. The van der Waals surface area contributed by atoms with Crippen molar-refractivity contribution in [2.45, 2.75) is 57.8 Å². The zero-order chi connectivity index (χ0) is 23.4. The van der Waals surface area contributed by atoms with Crippen LogP contribution in [0.3, 0.4) is 0 Å². The second-order valence-corrected chi connectivity index (χ2v) is 9.13. The predicted octanol–water partition coefficient (Wildman–Crippen LogP) is 5.26. The smallest absolute Gasteiger partial charge is 0.379 e. The number of alkyl halides is 3. The maximum atomic E-state index is 12.9. The molecule has 2 aromatic rings. The van der Waals surface area contributed by atoms with Crippen molar-refractivity contribution >= 4 is 16.0 Å². The molecule has 2 rings (SSSR count). The molecule has 0 unspecified atom stereocenters. The Balaban J connectivity index is 2.28. The Bertz CT molecular complexity index is 1020. The van der Waals surface area contributed by atoms with Crippen LogP contribution in [0.4, 0.5) is 13.2 Å². The Labute approximate surface area is 181 Å². The largest absolute Gasteiger partial charge is 0.416 e. The molecule has 0 fully saturated rings. The van der Waals surface area contributed by atoms with Crippen molar-refractivity contribution in [3.8, 4) is 5.75 Å². The van der Waals surface area contributed by atoms with Crippen molar-refractivity contribution in [1.82, 2.24) is 4.90 Å². The van der Waals surface area contributed by atoms with Crippen molar-refractivity contribution < 1.29 is 30.6 Å². The van der Waals surface area contributed by atoms with Gasteiger partial charge in [-0.3, -0.25) is 4.79 Å². The molecular formula is C22H26F3NO4S. The first-order chi connectivity index (χ1) is 14.3. The monoisotopic (exact) mass is 457 g/mol. The topological polar surface area (TPSA) is 63.7 Å². The lowest BCUT2D eigenvalue weighted by atomic mass is 10.1. The summed E-state index contributed by atoms with van der Waals surface area (Å²) >= 11 is 0. The molecule has 0 heterocycles. The molecule has 170 valence electrons. The Morgan fingerprint density at radius 2 is 1.71 bits per heavy atom. The first-order valence-electron chi connectivity index (χ1n) is 9.86. The van der Waals surface area contributed by atoms with E-state index in [1.165, 1.54) is 12.1 Å². The van der Waals surface area contributed by atoms with Crippen molar-refractivity contribution in [2.75, 3.05) is 0 Å². The molecule has 0 aliphatic carbocycles. The summed E-state index contributed by atoms with van der Waals surface area (Å²) in [7, 11) is -4.47. The quantitative estimate of drug-likeness (QED) is 0.508. The summed E-state index contributed by atoms with van der Waals surface area (Å²) in [6.07, 6.45) is -3.92. The van der Waals surface area contributed by atoms with Crippen LogP contribution >= 0.6 is 0 Å². The highest BCUT2D eigenvalue weighted by molar-refractivity contribution is 7.87. The lowest BCUT2D eigenvalue weighted by Gasteiger charge is -2.30. The molecule has 0 aliphatic heterocycles. The summed E-state index contributed by atoms with van der Waals surface area (Å²) in [5.74, 6) is -0.275. The van der Waals surface area contributed by atoms with Gasteiger partial charge in [-0.15, -0.1) is 0 Å². The molecule has 5 nitrogen and oxygen atoms in total. The standard InChI is InChI=1S/C22H26F3NO4S/c1-5-16(4)26(21(27)15(2)3)14-17-8-6-10-19(12-17)30-31(28,29)20-11-7-9-18(13-20)22(23,24)25/h6-13,15-16H,5,14H2,1-4H3/t16-/m0/s1. The van der Waals surface area contributed by atoms with E-state index in [9.17, 15) is 26.4 Å². The number of benzene rings is 2. The minimum atomic E-state index is -4.67. The third kappa shape index (κ3) is 6.46. The van der Waals surface area contributed by atoms with Crippen LogP contribution in [0.25, 0.3) is 0 Å². The van der Waals surface area contributed by atoms with Crippen LogP contribution in [0, 0.1) is 5.92 Å². The maximum Gasteiger partial charge on any atom is 0.416 e. The summed E-state index contributed by atoms with van der Waals surface area (Å²) in [6.45, 7) is 7.76.